The van der Waals surface area contributed by atoms with Crippen LogP contribution in [0, 0.1) is 6.92 Å². The lowest BCUT2D eigenvalue weighted by Crippen LogP contribution is -2.45. The van der Waals surface area contributed by atoms with E-state index in [1.54, 1.807) is 0 Å². The standard InChI is InChI=1S/C12H21N3O3/c1-4-12(6-16,7-17)15-10-9(3)11(18-5-2)14-8-13-10/h8,16-17H,4-7H2,1-3H3,(H,13,14,15). The Kier molecular flexibility index (Phi) is 5.30. The molecule has 3 N–H and O–H groups in total. The number of hydrogen-bond acceptors (Lipinski definition) is 6. The van der Waals surface area contributed by atoms with Crippen LogP contribution in [0.25, 0.3) is 0 Å². The molecule has 0 bridgehead atoms. The Bertz CT molecular complexity index is 373. The van der Waals surface area contributed by atoms with Crippen molar-refractivity contribution in [1.82, 2.24) is 9.97 Å². The molecule has 6 nitrogen and oxygen atoms in total. The zero-order valence-electron chi connectivity index (χ0n) is 11.1. The third kappa shape index (κ3) is 3.08. The molecular weight excluding hydrogens is 234 g/mol. The number of aromatic nitrogens is 2. The van der Waals surface area contributed by atoms with Gasteiger partial charge in [0, 0.05) is 0 Å². The first-order valence-electron chi connectivity index (χ1n) is 6.06. The molecule has 0 aromatic carbocycles. The number of ether oxygens (including phenoxy) is 1. The molecule has 0 saturated carbocycles. The second-order valence-corrected chi connectivity index (χ2v) is 4.16. The predicted octanol–water partition coefficient (Wildman–Crippen LogP) is 0.729. The molecule has 102 valence electrons. The maximum absolute atomic E-state index is 9.40. The van der Waals surface area contributed by atoms with E-state index < -0.39 is 5.54 Å². The summed E-state index contributed by atoms with van der Waals surface area (Å²) in [5, 5.41) is 21.9. The molecule has 1 rings (SSSR count). The molecule has 1 heterocycles. The molecule has 0 atom stereocenters. The molecule has 0 aliphatic heterocycles. The van der Waals surface area contributed by atoms with Crippen molar-refractivity contribution in [2.45, 2.75) is 32.7 Å². The van der Waals surface area contributed by atoms with E-state index >= 15 is 0 Å². The van der Waals surface area contributed by atoms with Gasteiger partial charge in [-0.05, 0) is 20.3 Å². The van der Waals surface area contributed by atoms with Gasteiger partial charge in [-0.2, -0.15) is 0 Å². The first kappa shape index (κ1) is 14.7. The van der Waals surface area contributed by atoms with Crippen molar-refractivity contribution >= 4 is 5.82 Å². The van der Waals surface area contributed by atoms with E-state index in [1.807, 2.05) is 20.8 Å². The molecule has 0 amide bonds. The van der Waals surface area contributed by atoms with E-state index in [4.69, 9.17) is 4.74 Å². The maximum Gasteiger partial charge on any atom is 0.221 e. The molecule has 18 heavy (non-hydrogen) atoms. The first-order valence-corrected chi connectivity index (χ1v) is 6.06. The van der Waals surface area contributed by atoms with E-state index in [1.165, 1.54) is 6.33 Å². The van der Waals surface area contributed by atoms with Crippen LogP contribution in [0.15, 0.2) is 6.33 Å². The van der Waals surface area contributed by atoms with Crippen molar-refractivity contribution in [3.63, 3.8) is 0 Å². The Balaban J connectivity index is 2.99. The van der Waals surface area contributed by atoms with Crippen LogP contribution in [0.5, 0.6) is 5.88 Å². The minimum atomic E-state index is -0.775. The smallest absolute Gasteiger partial charge is 0.221 e. The Labute approximate surface area is 107 Å². The van der Waals surface area contributed by atoms with Gasteiger partial charge in [-0.15, -0.1) is 0 Å². The maximum atomic E-state index is 9.40. The molecule has 0 unspecified atom stereocenters. The van der Waals surface area contributed by atoms with Crippen molar-refractivity contribution in [3.05, 3.63) is 11.9 Å². The van der Waals surface area contributed by atoms with E-state index in [9.17, 15) is 10.2 Å². The van der Waals surface area contributed by atoms with Crippen LogP contribution < -0.4 is 10.1 Å². The molecule has 0 aliphatic rings. The number of hydrogen-bond donors (Lipinski definition) is 3. The summed E-state index contributed by atoms with van der Waals surface area (Å²) in [6, 6.07) is 0. The fourth-order valence-electron chi connectivity index (χ4n) is 1.53. The van der Waals surface area contributed by atoms with Crippen LogP contribution in [-0.2, 0) is 0 Å². The minimum absolute atomic E-state index is 0.173. The SMILES string of the molecule is CCOc1ncnc(NC(CC)(CO)CO)c1C. The summed E-state index contributed by atoms with van der Waals surface area (Å²) in [6.45, 7) is 5.78. The highest BCUT2D eigenvalue weighted by atomic mass is 16.5. The lowest BCUT2D eigenvalue weighted by atomic mass is 9.98. The molecule has 0 saturated heterocycles. The Morgan fingerprint density at radius 2 is 1.94 bits per heavy atom. The zero-order chi connectivity index (χ0) is 13.6. The van der Waals surface area contributed by atoms with E-state index in [0.717, 1.165) is 5.56 Å². The zero-order valence-corrected chi connectivity index (χ0v) is 11.1. The molecule has 0 radical (unpaired) electrons. The Morgan fingerprint density at radius 3 is 2.44 bits per heavy atom. The molecule has 0 spiro atoms. The average Bonchev–Trinajstić information content (AvgIpc) is 2.41. The van der Waals surface area contributed by atoms with Gasteiger partial charge in [0.05, 0.1) is 30.9 Å². The third-order valence-corrected chi connectivity index (χ3v) is 2.98. The van der Waals surface area contributed by atoms with Crippen molar-refractivity contribution in [1.29, 1.82) is 0 Å². The van der Waals surface area contributed by atoms with Gasteiger partial charge in [0.2, 0.25) is 5.88 Å². The number of nitrogens with zero attached hydrogens (tertiary/aromatic N) is 2. The van der Waals surface area contributed by atoms with Crippen LogP contribution in [-0.4, -0.2) is 45.5 Å². The minimum Gasteiger partial charge on any atom is -0.478 e. The van der Waals surface area contributed by atoms with Gasteiger partial charge in [-0.3, -0.25) is 0 Å². The Hall–Kier alpha value is -1.40. The number of nitrogens with one attached hydrogen (secondary N) is 1. The molecule has 6 heteroatoms. The number of anilines is 1. The summed E-state index contributed by atoms with van der Waals surface area (Å²) in [5.41, 5.74) is -0.0122. The van der Waals surface area contributed by atoms with Gasteiger partial charge >= 0.3 is 0 Å². The van der Waals surface area contributed by atoms with Crippen LogP contribution in [0.4, 0.5) is 5.82 Å². The average molecular weight is 255 g/mol. The topological polar surface area (TPSA) is 87.5 Å². The molecular formula is C12H21N3O3. The summed E-state index contributed by atoms with van der Waals surface area (Å²) >= 11 is 0. The van der Waals surface area contributed by atoms with E-state index in [0.29, 0.717) is 24.7 Å². The number of rotatable bonds is 7. The molecule has 0 fully saturated rings. The van der Waals surface area contributed by atoms with Gasteiger partial charge in [0.25, 0.3) is 0 Å². The van der Waals surface area contributed by atoms with Gasteiger partial charge in [0.15, 0.2) is 0 Å². The largest absolute Gasteiger partial charge is 0.478 e. The van der Waals surface area contributed by atoms with Gasteiger partial charge < -0.3 is 20.3 Å². The lowest BCUT2D eigenvalue weighted by Gasteiger charge is -2.30. The second kappa shape index (κ2) is 6.51. The summed E-state index contributed by atoms with van der Waals surface area (Å²) in [6.07, 6.45) is 1.98. The van der Waals surface area contributed by atoms with Crippen molar-refractivity contribution < 1.29 is 14.9 Å². The molecule has 0 aliphatic carbocycles. The number of aliphatic hydroxyl groups excluding tert-OH is 2. The van der Waals surface area contributed by atoms with E-state index in [-0.39, 0.29) is 13.2 Å². The van der Waals surface area contributed by atoms with Gasteiger partial charge in [-0.25, -0.2) is 9.97 Å². The van der Waals surface area contributed by atoms with Gasteiger partial charge in [-0.1, -0.05) is 6.92 Å². The summed E-state index contributed by atoms with van der Waals surface area (Å²) < 4.78 is 5.38. The highest BCUT2D eigenvalue weighted by molar-refractivity contribution is 5.49. The van der Waals surface area contributed by atoms with Crippen LogP contribution >= 0.6 is 0 Å². The Morgan fingerprint density at radius 1 is 1.28 bits per heavy atom. The van der Waals surface area contributed by atoms with Crippen LogP contribution in [0.2, 0.25) is 0 Å². The summed E-state index contributed by atoms with van der Waals surface area (Å²) in [4.78, 5) is 8.16. The van der Waals surface area contributed by atoms with Gasteiger partial charge in [0.1, 0.15) is 12.1 Å². The van der Waals surface area contributed by atoms with Crippen molar-refractivity contribution in [3.8, 4) is 5.88 Å². The first-order chi connectivity index (χ1) is 8.62. The molecule has 1 aromatic heterocycles. The van der Waals surface area contributed by atoms with Crippen molar-refractivity contribution in [2.24, 2.45) is 0 Å². The third-order valence-electron chi connectivity index (χ3n) is 2.98. The summed E-state index contributed by atoms with van der Waals surface area (Å²) in [5.74, 6) is 1.08. The highest BCUT2D eigenvalue weighted by Gasteiger charge is 2.27. The normalized spacial score (nSPS) is 11.4. The summed E-state index contributed by atoms with van der Waals surface area (Å²) in [7, 11) is 0. The molecule has 1 aromatic rings. The fourth-order valence-corrected chi connectivity index (χ4v) is 1.53. The van der Waals surface area contributed by atoms with Crippen LogP contribution in [0.1, 0.15) is 25.8 Å². The highest BCUT2D eigenvalue weighted by Crippen LogP contribution is 2.24. The monoisotopic (exact) mass is 255 g/mol. The van der Waals surface area contributed by atoms with E-state index in [2.05, 4.69) is 15.3 Å². The second-order valence-electron chi connectivity index (χ2n) is 4.16. The van der Waals surface area contributed by atoms with Crippen LogP contribution in [0.3, 0.4) is 0 Å². The quantitative estimate of drug-likeness (QED) is 0.665. The lowest BCUT2D eigenvalue weighted by molar-refractivity contribution is 0.132. The van der Waals surface area contributed by atoms with Crippen molar-refractivity contribution in [2.75, 3.05) is 25.1 Å². The predicted molar refractivity (Wildman–Crippen MR) is 68.8 cm³/mol. The number of aliphatic hydroxyl groups is 2. The fraction of sp³-hybridized carbons (Fsp3) is 0.667.